The van der Waals surface area contributed by atoms with Gasteiger partial charge in [0, 0.05) is 12.2 Å². The normalized spacial score (nSPS) is 10.3. The van der Waals surface area contributed by atoms with Crippen molar-refractivity contribution in [3.8, 4) is 0 Å². The maximum absolute atomic E-state index is 12.8. The molecule has 0 aliphatic rings. The van der Waals surface area contributed by atoms with E-state index in [4.69, 9.17) is 0 Å². The molecule has 0 fully saturated rings. The van der Waals surface area contributed by atoms with E-state index in [2.05, 4.69) is 12.2 Å². The molecule has 0 radical (unpaired) electrons. The van der Waals surface area contributed by atoms with Crippen LogP contribution in [0.3, 0.4) is 0 Å². The van der Waals surface area contributed by atoms with Crippen LogP contribution in [0.15, 0.2) is 18.2 Å². The van der Waals surface area contributed by atoms with Gasteiger partial charge in [0.25, 0.3) is 0 Å². The van der Waals surface area contributed by atoms with Crippen molar-refractivity contribution < 1.29 is 8.78 Å². The van der Waals surface area contributed by atoms with Crippen LogP contribution in [-0.4, -0.2) is 18.1 Å². The van der Waals surface area contributed by atoms with Gasteiger partial charge in [0.15, 0.2) is 11.6 Å². The van der Waals surface area contributed by atoms with Crippen molar-refractivity contribution in [1.29, 1.82) is 0 Å². The highest BCUT2D eigenvalue weighted by Gasteiger charge is 2.01. The highest BCUT2D eigenvalue weighted by molar-refractivity contribution is 7.99. The minimum Gasteiger partial charge on any atom is -0.385 e. The van der Waals surface area contributed by atoms with Crippen molar-refractivity contribution in [2.45, 2.75) is 13.3 Å². The van der Waals surface area contributed by atoms with Crippen molar-refractivity contribution >= 4 is 17.4 Å². The molecule has 4 heteroatoms. The van der Waals surface area contributed by atoms with Gasteiger partial charge >= 0.3 is 0 Å². The second-order valence-corrected chi connectivity index (χ2v) is 4.50. The Morgan fingerprint density at radius 2 is 2.07 bits per heavy atom. The van der Waals surface area contributed by atoms with E-state index in [0.717, 1.165) is 30.5 Å². The standard InChI is InChI=1S/C11H15F2NS/c1-2-15-7-3-6-14-9-4-5-10(12)11(13)8-9/h4-5,8,14H,2-3,6-7H2,1H3. The minimum atomic E-state index is -0.804. The number of rotatable bonds is 6. The Bertz CT molecular complexity index is 305. The van der Waals surface area contributed by atoms with Gasteiger partial charge in [-0.15, -0.1) is 0 Å². The summed E-state index contributed by atoms with van der Waals surface area (Å²) >= 11 is 1.87. The van der Waals surface area contributed by atoms with Crippen molar-refractivity contribution in [3.63, 3.8) is 0 Å². The lowest BCUT2D eigenvalue weighted by atomic mass is 10.3. The molecule has 0 aliphatic carbocycles. The lowest BCUT2D eigenvalue weighted by Gasteiger charge is -2.06. The van der Waals surface area contributed by atoms with Crippen molar-refractivity contribution in [3.05, 3.63) is 29.8 Å². The van der Waals surface area contributed by atoms with Gasteiger partial charge in [-0.25, -0.2) is 8.78 Å². The molecule has 1 rings (SSSR count). The Labute approximate surface area is 93.3 Å². The summed E-state index contributed by atoms with van der Waals surface area (Å²) in [5.74, 6) is 0.600. The van der Waals surface area contributed by atoms with E-state index in [1.165, 1.54) is 6.07 Å². The smallest absolute Gasteiger partial charge is 0.160 e. The third kappa shape index (κ3) is 4.51. The molecule has 0 aliphatic heterocycles. The number of nitrogens with one attached hydrogen (secondary N) is 1. The number of hydrogen-bond donors (Lipinski definition) is 1. The molecule has 0 unspecified atom stereocenters. The van der Waals surface area contributed by atoms with Gasteiger partial charge in [0.05, 0.1) is 0 Å². The molecule has 84 valence electrons. The van der Waals surface area contributed by atoms with Crippen molar-refractivity contribution in [2.75, 3.05) is 23.4 Å². The zero-order valence-electron chi connectivity index (χ0n) is 8.72. The lowest BCUT2D eigenvalue weighted by Crippen LogP contribution is -2.03. The summed E-state index contributed by atoms with van der Waals surface area (Å²) in [7, 11) is 0. The summed E-state index contributed by atoms with van der Waals surface area (Å²) in [4.78, 5) is 0. The SMILES string of the molecule is CCSCCCNc1ccc(F)c(F)c1. The summed E-state index contributed by atoms with van der Waals surface area (Å²) in [6.07, 6.45) is 1.03. The average molecular weight is 231 g/mol. The fraction of sp³-hybridized carbons (Fsp3) is 0.455. The van der Waals surface area contributed by atoms with Crippen LogP contribution < -0.4 is 5.32 Å². The number of anilines is 1. The fourth-order valence-electron chi connectivity index (χ4n) is 1.16. The van der Waals surface area contributed by atoms with E-state index in [-0.39, 0.29) is 0 Å². The Morgan fingerprint density at radius 1 is 1.27 bits per heavy atom. The topological polar surface area (TPSA) is 12.0 Å². The summed E-state index contributed by atoms with van der Waals surface area (Å²) < 4.78 is 25.4. The maximum atomic E-state index is 12.8. The van der Waals surface area contributed by atoms with E-state index in [1.807, 2.05) is 11.8 Å². The van der Waals surface area contributed by atoms with Crippen LogP contribution in [0.25, 0.3) is 0 Å². The number of benzene rings is 1. The summed E-state index contributed by atoms with van der Waals surface area (Å²) in [5, 5.41) is 3.05. The van der Waals surface area contributed by atoms with Crippen molar-refractivity contribution in [2.24, 2.45) is 0 Å². The van der Waals surface area contributed by atoms with Gasteiger partial charge in [0.2, 0.25) is 0 Å². The summed E-state index contributed by atoms with van der Waals surface area (Å²) in [6.45, 7) is 2.91. The van der Waals surface area contributed by atoms with E-state index < -0.39 is 11.6 Å². The molecule has 0 atom stereocenters. The van der Waals surface area contributed by atoms with Gasteiger partial charge in [-0.05, 0) is 36.1 Å². The third-order valence-electron chi connectivity index (χ3n) is 1.92. The Kier molecular flexibility index (Phi) is 5.47. The molecular formula is C11H15F2NS. The minimum absolute atomic E-state index is 0.635. The molecule has 1 aromatic rings. The summed E-state index contributed by atoms with van der Waals surface area (Å²) in [5.41, 5.74) is 0.635. The van der Waals surface area contributed by atoms with E-state index in [0.29, 0.717) is 5.69 Å². The molecule has 0 aromatic heterocycles. The molecule has 0 spiro atoms. The molecule has 0 saturated carbocycles. The zero-order valence-corrected chi connectivity index (χ0v) is 9.54. The monoisotopic (exact) mass is 231 g/mol. The first kappa shape index (κ1) is 12.3. The van der Waals surface area contributed by atoms with E-state index in [9.17, 15) is 8.78 Å². The quantitative estimate of drug-likeness (QED) is 0.752. The molecule has 1 aromatic carbocycles. The van der Waals surface area contributed by atoms with Crippen molar-refractivity contribution in [1.82, 2.24) is 0 Å². The zero-order chi connectivity index (χ0) is 11.1. The average Bonchev–Trinajstić information content (AvgIpc) is 2.23. The Balaban J connectivity index is 2.28. The van der Waals surface area contributed by atoms with Gasteiger partial charge in [-0.1, -0.05) is 6.92 Å². The first-order valence-corrected chi connectivity index (χ1v) is 6.16. The lowest BCUT2D eigenvalue weighted by molar-refractivity contribution is 0.509. The Morgan fingerprint density at radius 3 is 2.73 bits per heavy atom. The van der Waals surface area contributed by atoms with Crippen LogP contribution in [0.5, 0.6) is 0 Å². The van der Waals surface area contributed by atoms with Crippen LogP contribution in [0.4, 0.5) is 14.5 Å². The highest BCUT2D eigenvalue weighted by atomic mass is 32.2. The van der Waals surface area contributed by atoms with Crippen LogP contribution in [-0.2, 0) is 0 Å². The Hall–Kier alpha value is -0.770. The number of thioether (sulfide) groups is 1. The van der Waals surface area contributed by atoms with Crippen LogP contribution in [0.1, 0.15) is 13.3 Å². The van der Waals surface area contributed by atoms with Crippen LogP contribution in [0.2, 0.25) is 0 Å². The second-order valence-electron chi connectivity index (χ2n) is 3.11. The molecule has 0 amide bonds. The van der Waals surface area contributed by atoms with E-state index in [1.54, 1.807) is 6.07 Å². The van der Waals surface area contributed by atoms with Gasteiger partial charge < -0.3 is 5.32 Å². The predicted octanol–water partition coefficient (Wildman–Crippen LogP) is 3.52. The van der Waals surface area contributed by atoms with Gasteiger partial charge in [0.1, 0.15) is 0 Å². The third-order valence-corrected chi connectivity index (χ3v) is 2.90. The van der Waals surface area contributed by atoms with Gasteiger partial charge in [-0.3, -0.25) is 0 Å². The predicted molar refractivity (Wildman–Crippen MR) is 62.5 cm³/mol. The number of hydrogen-bond acceptors (Lipinski definition) is 2. The summed E-state index contributed by atoms with van der Waals surface area (Å²) in [6, 6.07) is 3.87. The second kappa shape index (κ2) is 6.67. The fourth-order valence-corrected chi connectivity index (χ4v) is 1.79. The number of halogens is 2. The highest BCUT2D eigenvalue weighted by Crippen LogP contribution is 2.13. The first-order valence-electron chi connectivity index (χ1n) is 5.00. The van der Waals surface area contributed by atoms with Crippen LogP contribution >= 0.6 is 11.8 Å². The largest absolute Gasteiger partial charge is 0.385 e. The van der Waals surface area contributed by atoms with Gasteiger partial charge in [-0.2, -0.15) is 11.8 Å². The molecular weight excluding hydrogens is 216 g/mol. The molecule has 0 heterocycles. The molecule has 1 nitrogen and oxygen atoms in total. The first-order chi connectivity index (χ1) is 7.24. The molecule has 1 N–H and O–H groups in total. The molecule has 15 heavy (non-hydrogen) atoms. The molecule has 0 saturated heterocycles. The van der Waals surface area contributed by atoms with Crippen LogP contribution in [0, 0.1) is 11.6 Å². The maximum Gasteiger partial charge on any atom is 0.160 e. The molecule has 0 bridgehead atoms. The van der Waals surface area contributed by atoms with E-state index >= 15 is 0 Å².